The van der Waals surface area contributed by atoms with E-state index in [9.17, 15) is 13.2 Å². The zero-order valence-corrected chi connectivity index (χ0v) is 16.8. The van der Waals surface area contributed by atoms with Gasteiger partial charge >= 0.3 is 0 Å². The lowest BCUT2D eigenvalue weighted by molar-refractivity contribution is 0.102. The van der Waals surface area contributed by atoms with Crippen molar-refractivity contribution >= 4 is 43.1 Å². The van der Waals surface area contributed by atoms with Gasteiger partial charge in [0, 0.05) is 18.0 Å². The molecule has 0 radical (unpaired) electrons. The first-order chi connectivity index (χ1) is 13.9. The molecule has 2 aromatic heterocycles. The minimum absolute atomic E-state index is 0.201. The van der Waals surface area contributed by atoms with E-state index in [2.05, 4.69) is 15.3 Å². The number of nitrogens with one attached hydrogen (secondary N) is 1. The summed E-state index contributed by atoms with van der Waals surface area (Å²) in [7, 11) is -3.29. The normalized spacial score (nSPS) is 11.3. The maximum Gasteiger partial charge on any atom is 0.257 e. The van der Waals surface area contributed by atoms with Crippen molar-refractivity contribution in [2.45, 2.75) is 4.90 Å². The lowest BCUT2D eigenvalue weighted by Crippen LogP contribution is -2.12. The Morgan fingerprint density at radius 2 is 1.86 bits per heavy atom. The number of nitrogens with zero attached hydrogens (tertiary/aromatic N) is 2. The molecule has 2 heterocycles. The molecule has 146 valence electrons. The molecule has 2 aromatic carbocycles. The molecule has 0 spiro atoms. The van der Waals surface area contributed by atoms with Gasteiger partial charge in [0.25, 0.3) is 5.91 Å². The Bertz CT molecular complexity index is 1280. The fraction of sp³-hybridized carbons (Fsp3) is 0.0500. The number of carbonyl (C=O) groups is 1. The van der Waals surface area contributed by atoms with Crippen molar-refractivity contribution in [3.05, 3.63) is 71.9 Å². The van der Waals surface area contributed by atoms with Gasteiger partial charge in [-0.25, -0.2) is 18.4 Å². The van der Waals surface area contributed by atoms with E-state index < -0.39 is 9.84 Å². The number of fused-ring (bicyclic) bond motifs is 1. The molecular weight excluding hydrogens is 410 g/mol. The van der Waals surface area contributed by atoms with E-state index in [1.54, 1.807) is 54.2 Å². The summed E-state index contributed by atoms with van der Waals surface area (Å²) >= 11 is 1.39. The number of hydrogen-bond donors (Lipinski definition) is 1. The van der Waals surface area contributed by atoms with Crippen molar-refractivity contribution in [3.63, 3.8) is 0 Å². The average molecular weight is 425 g/mol. The number of anilines is 1. The van der Waals surface area contributed by atoms with Crippen LogP contribution in [0.1, 0.15) is 10.4 Å². The first kappa shape index (κ1) is 19.0. The van der Waals surface area contributed by atoms with Gasteiger partial charge in [-0.2, -0.15) is 0 Å². The lowest BCUT2D eigenvalue weighted by Gasteiger charge is -2.10. The number of benzene rings is 2. The number of thiazole rings is 1. The first-order valence-electron chi connectivity index (χ1n) is 8.48. The van der Waals surface area contributed by atoms with E-state index in [1.165, 1.54) is 23.5 Å². The van der Waals surface area contributed by atoms with E-state index in [-0.39, 0.29) is 10.8 Å². The molecule has 1 N–H and O–H groups in total. The van der Waals surface area contributed by atoms with Crippen molar-refractivity contribution in [1.82, 2.24) is 9.97 Å². The van der Waals surface area contributed by atoms with Crippen LogP contribution in [-0.2, 0) is 9.84 Å². The van der Waals surface area contributed by atoms with Crippen molar-refractivity contribution < 1.29 is 17.9 Å². The van der Waals surface area contributed by atoms with Crippen LogP contribution in [0.3, 0.4) is 0 Å². The van der Waals surface area contributed by atoms with Crippen molar-refractivity contribution in [1.29, 1.82) is 0 Å². The number of rotatable bonds is 5. The second kappa shape index (κ2) is 7.61. The number of sulfone groups is 1. The Hall–Kier alpha value is -3.30. The molecule has 4 rings (SSSR count). The third-order valence-electron chi connectivity index (χ3n) is 4.05. The molecule has 0 saturated carbocycles. The zero-order valence-electron chi connectivity index (χ0n) is 15.2. The van der Waals surface area contributed by atoms with Gasteiger partial charge in [-0.1, -0.05) is 6.07 Å². The van der Waals surface area contributed by atoms with Gasteiger partial charge in [0.15, 0.2) is 15.6 Å². The third kappa shape index (κ3) is 4.25. The van der Waals surface area contributed by atoms with Crippen LogP contribution < -0.4 is 10.1 Å². The molecule has 0 aliphatic rings. The Kier molecular flexibility index (Phi) is 4.99. The SMILES string of the molecule is CS(=O)(=O)c1ccc(Oc2cc(C(=O)Nc3ccccn3)cc3scnc23)cc1. The minimum atomic E-state index is -3.29. The molecule has 4 aromatic rings. The van der Waals surface area contributed by atoms with Crippen LogP contribution in [0.15, 0.2) is 71.2 Å². The number of hydrogen-bond acceptors (Lipinski definition) is 7. The average Bonchev–Trinajstić information content (AvgIpc) is 3.17. The van der Waals surface area contributed by atoms with Crippen molar-refractivity contribution in [2.24, 2.45) is 0 Å². The van der Waals surface area contributed by atoms with E-state index in [1.807, 2.05) is 0 Å². The van der Waals surface area contributed by atoms with Gasteiger partial charge in [-0.3, -0.25) is 4.79 Å². The van der Waals surface area contributed by atoms with Crippen LogP contribution in [0.25, 0.3) is 10.2 Å². The summed E-state index contributed by atoms with van der Waals surface area (Å²) < 4.78 is 29.9. The summed E-state index contributed by atoms with van der Waals surface area (Å²) in [4.78, 5) is 21.3. The summed E-state index contributed by atoms with van der Waals surface area (Å²) in [5.74, 6) is 0.966. The smallest absolute Gasteiger partial charge is 0.257 e. The van der Waals surface area contributed by atoms with Gasteiger partial charge in [-0.05, 0) is 48.5 Å². The molecule has 0 unspecified atom stereocenters. The molecule has 0 aliphatic carbocycles. The molecule has 0 fully saturated rings. The predicted molar refractivity (Wildman–Crippen MR) is 111 cm³/mol. The third-order valence-corrected chi connectivity index (χ3v) is 5.95. The highest BCUT2D eigenvalue weighted by Crippen LogP contribution is 2.33. The molecule has 0 bridgehead atoms. The van der Waals surface area contributed by atoms with Gasteiger partial charge in [0.2, 0.25) is 0 Å². The van der Waals surface area contributed by atoms with Gasteiger partial charge in [0.1, 0.15) is 17.1 Å². The predicted octanol–water partition coefficient (Wildman–Crippen LogP) is 4.14. The minimum Gasteiger partial charge on any atom is -0.455 e. The van der Waals surface area contributed by atoms with E-state index in [0.717, 1.165) is 11.0 Å². The highest BCUT2D eigenvalue weighted by atomic mass is 32.2. The maximum absolute atomic E-state index is 12.7. The van der Waals surface area contributed by atoms with Crippen LogP contribution in [-0.4, -0.2) is 30.5 Å². The van der Waals surface area contributed by atoms with Crippen LogP contribution in [0.2, 0.25) is 0 Å². The Morgan fingerprint density at radius 3 is 2.55 bits per heavy atom. The highest BCUT2D eigenvalue weighted by Gasteiger charge is 2.15. The Labute approximate surface area is 170 Å². The van der Waals surface area contributed by atoms with Gasteiger partial charge < -0.3 is 10.1 Å². The Balaban J connectivity index is 1.65. The molecule has 29 heavy (non-hydrogen) atoms. The van der Waals surface area contributed by atoms with Gasteiger partial charge in [0.05, 0.1) is 15.1 Å². The summed E-state index contributed by atoms with van der Waals surface area (Å²) in [6.45, 7) is 0. The quantitative estimate of drug-likeness (QED) is 0.516. The van der Waals surface area contributed by atoms with E-state index in [4.69, 9.17) is 4.74 Å². The zero-order chi connectivity index (χ0) is 20.4. The lowest BCUT2D eigenvalue weighted by atomic mass is 10.2. The molecule has 7 nitrogen and oxygen atoms in total. The van der Waals surface area contributed by atoms with Gasteiger partial charge in [-0.15, -0.1) is 11.3 Å². The second-order valence-electron chi connectivity index (χ2n) is 6.19. The fourth-order valence-electron chi connectivity index (χ4n) is 2.65. The molecule has 0 aliphatic heterocycles. The number of aromatic nitrogens is 2. The summed E-state index contributed by atoms with van der Waals surface area (Å²) in [6, 6.07) is 14.7. The Morgan fingerprint density at radius 1 is 1.07 bits per heavy atom. The second-order valence-corrected chi connectivity index (χ2v) is 9.09. The maximum atomic E-state index is 12.7. The fourth-order valence-corrected chi connectivity index (χ4v) is 4.01. The topological polar surface area (TPSA) is 98.2 Å². The molecule has 0 atom stereocenters. The number of amides is 1. The summed E-state index contributed by atoms with van der Waals surface area (Å²) in [5.41, 5.74) is 2.69. The molecule has 1 amide bonds. The molecule has 9 heteroatoms. The van der Waals surface area contributed by atoms with Crippen molar-refractivity contribution in [2.75, 3.05) is 11.6 Å². The summed E-state index contributed by atoms with van der Waals surface area (Å²) in [6.07, 6.45) is 2.74. The monoisotopic (exact) mass is 425 g/mol. The van der Waals surface area contributed by atoms with E-state index in [0.29, 0.717) is 28.4 Å². The van der Waals surface area contributed by atoms with Crippen molar-refractivity contribution in [3.8, 4) is 11.5 Å². The number of carbonyl (C=O) groups excluding carboxylic acids is 1. The van der Waals surface area contributed by atoms with Crippen LogP contribution in [0.5, 0.6) is 11.5 Å². The largest absolute Gasteiger partial charge is 0.455 e. The summed E-state index contributed by atoms with van der Waals surface area (Å²) in [5, 5.41) is 2.74. The van der Waals surface area contributed by atoms with Crippen LogP contribution in [0, 0.1) is 0 Å². The van der Waals surface area contributed by atoms with Crippen LogP contribution >= 0.6 is 11.3 Å². The van der Waals surface area contributed by atoms with E-state index >= 15 is 0 Å². The molecule has 0 saturated heterocycles. The number of ether oxygens (including phenoxy) is 1. The molecular formula is C20H15N3O4S2. The first-order valence-corrected chi connectivity index (χ1v) is 11.2. The van der Waals surface area contributed by atoms with Crippen LogP contribution in [0.4, 0.5) is 5.82 Å². The standard InChI is InChI=1S/C20H15N3O4S2/c1-29(25,26)15-7-5-14(6-8-15)27-16-10-13(11-17-19(16)22-12-28-17)20(24)23-18-4-2-3-9-21-18/h2-12H,1H3,(H,21,23,24). The number of pyridine rings is 1. The highest BCUT2D eigenvalue weighted by molar-refractivity contribution is 7.90.